The lowest BCUT2D eigenvalue weighted by Gasteiger charge is -2.26. The van der Waals surface area contributed by atoms with Crippen LogP contribution in [0.5, 0.6) is 0 Å². The largest absolute Gasteiger partial charge is 0.421 e. The van der Waals surface area contributed by atoms with Crippen LogP contribution in [-0.4, -0.2) is 56.2 Å². The van der Waals surface area contributed by atoms with Crippen LogP contribution in [0.15, 0.2) is 28.9 Å². The van der Waals surface area contributed by atoms with E-state index in [9.17, 15) is 0 Å². The minimum Gasteiger partial charge on any atom is -0.421 e. The molecule has 0 atom stereocenters. The summed E-state index contributed by atoms with van der Waals surface area (Å²) in [6.45, 7) is 6.30. The predicted octanol–water partition coefficient (Wildman–Crippen LogP) is 3.76. The number of piperidine rings is 1. The van der Waals surface area contributed by atoms with Crippen LogP contribution in [0, 0.1) is 6.92 Å². The van der Waals surface area contributed by atoms with E-state index in [2.05, 4.69) is 41.4 Å². The lowest BCUT2D eigenvalue weighted by molar-refractivity contribution is 0.228. The van der Waals surface area contributed by atoms with E-state index in [1.54, 1.807) is 13.3 Å². The van der Waals surface area contributed by atoms with E-state index in [1.165, 1.54) is 32.4 Å². The van der Waals surface area contributed by atoms with Crippen molar-refractivity contribution in [3.63, 3.8) is 0 Å². The summed E-state index contributed by atoms with van der Waals surface area (Å²) in [6.07, 6.45) is 6.75. The van der Waals surface area contributed by atoms with Crippen molar-refractivity contribution >= 4 is 27.8 Å². The summed E-state index contributed by atoms with van der Waals surface area (Å²) in [7, 11) is 0. The monoisotopic (exact) mass is 391 g/mol. The van der Waals surface area contributed by atoms with E-state index in [1.807, 2.05) is 12.1 Å². The fourth-order valence-corrected chi connectivity index (χ4v) is 4.10. The number of hydrogen-bond acceptors (Lipinski definition) is 7. The van der Waals surface area contributed by atoms with Crippen LogP contribution in [0.1, 0.15) is 31.6 Å². The maximum Gasteiger partial charge on any atom is 0.247 e. The van der Waals surface area contributed by atoms with Crippen molar-refractivity contribution in [1.82, 2.24) is 30.0 Å². The average Bonchev–Trinajstić information content (AvgIpc) is 3.35. The number of nitrogens with zero attached hydrogens (tertiary/aromatic N) is 5. The maximum absolute atomic E-state index is 5.55. The molecule has 1 fully saturated rings. The Morgan fingerprint density at radius 3 is 2.86 bits per heavy atom. The summed E-state index contributed by atoms with van der Waals surface area (Å²) in [4.78, 5) is 14.9. The Balaban J connectivity index is 1.36. The Kier molecular flexibility index (Phi) is 4.85. The van der Waals surface area contributed by atoms with Crippen LogP contribution in [0.2, 0.25) is 0 Å². The topological polar surface area (TPSA) is 95.8 Å². The molecule has 1 aromatic carbocycles. The Hall–Kier alpha value is -3.00. The molecule has 0 amide bonds. The molecule has 0 bridgehead atoms. The smallest absolute Gasteiger partial charge is 0.247 e. The predicted molar refractivity (Wildman–Crippen MR) is 113 cm³/mol. The van der Waals surface area contributed by atoms with Crippen LogP contribution in [0.3, 0.4) is 0 Å². The number of fused-ring (bicyclic) bond motifs is 3. The molecule has 8 heteroatoms. The quantitative estimate of drug-likeness (QED) is 0.483. The molecule has 150 valence electrons. The molecule has 0 radical (unpaired) electrons. The maximum atomic E-state index is 5.55. The molecule has 3 aromatic heterocycles. The lowest BCUT2D eigenvalue weighted by atomic mass is 10.1. The molecule has 1 saturated heterocycles. The number of rotatable bonds is 6. The van der Waals surface area contributed by atoms with Crippen molar-refractivity contribution in [2.75, 3.05) is 31.5 Å². The van der Waals surface area contributed by atoms with E-state index >= 15 is 0 Å². The summed E-state index contributed by atoms with van der Waals surface area (Å²) in [6, 6.07) is 6.07. The van der Waals surface area contributed by atoms with Crippen molar-refractivity contribution in [2.45, 2.75) is 32.6 Å². The summed E-state index contributed by atoms with van der Waals surface area (Å²) in [5, 5.41) is 13.6. The zero-order valence-electron chi connectivity index (χ0n) is 16.6. The minimum absolute atomic E-state index is 0.519. The number of nitrogens with one attached hydrogen (secondary N) is 2. The van der Waals surface area contributed by atoms with E-state index in [0.717, 1.165) is 52.8 Å². The van der Waals surface area contributed by atoms with Gasteiger partial charge in [0.1, 0.15) is 17.8 Å². The molecule has 4 aromatic rings. The van der Waals surface area contributed by atoms with Gasteiger partial charge in [0.05, 0.1) is 5.39 Å². The molecular weight excluding hydrogens is 366 g/mol. The number of aromatic nitrogens is 5. The van der Waals surface area contributed by atoms with Crippen molar-refractivity contribution in [3.8, 4) is 11.5 Å². The van der Waals surface area contributed by atoms with Crippen molar-refractivity contribution in [1.29, 1.82) is 0 Å². The summed E-state index contributed by atoms with van der Waals surface area (Å²) in [5.74, 6) is 1.95. The van der Waals surface area contributed by atoms with Crippen LogP contribution in [0.25, 0.3) is 33.4 Å². The van der Waals surface area contributed by atoms with Gasteiger partial charge in [0.2, 0.25) is 11.8 Å². The highest BCUT2D eigenvalue weighted by atomic mass is 16.4. The van der Waals surface area contributed by atoms with Gasteiger partial charge in [-0.25, -0.2) is 9.97 Å². The van der Waals surface area contributed by atoms with Crippen molar-refractivity contribution in [3.05, 3.63) is 30.4 Å². The molecule has 29 heavy (non-hydrogen) atoms. The Morgan fingerprint density at radius 2 is 2.03 bits per heavy atom. The molecule has 1 aliphatic heterocycles. The highest BCUT2D eigenvalue weighted by Gasteiger charge is 2.14. The first-order valence-corrected chi connectivity index (χ1v) is 10.3. The molecule has 2 N–H and O–H groups in total. The first-order chi connectivity index (χ1) is 14.3. The Bertz CT molecular complexity index is 1130. The van der Waals surface area contributed by atoms with Gasteiger partial charge in [-0.15, -0.1) is 10.2 Å². The molecule has 8 nitrogen and oxygen atoms in total. The minimum atomic E-state index is 0.519. The SMILES string of the molecule is Cc1nnc(-c2ccc3c(c2)[nH]c2ncnc(NCCCN4CCCCC4)c23)o1. The Labute approximate surface area is 168 Å². The van der Waals surface area contributed by atoms with Gasteiger partial charge in [-0.3, -0.25) is 0 Å². The lowest BCUT2D eigenvalue weighted by Crippen LogP contribution is -2.31. The number of anilines is 1. The second kappa shape index (κ2) is 7.79. The molecule has 4 heterocycles. The van der Waals surface area contributed by atoms with Gasteiger partial charge in [-0.2, -0.15) is 0 Å². The second-order valence-corrected chi connectivity index (χ2v) is 7.64. The van der Waals surface area contributed by atoms with Gasteiger partial charge in [0.25, 0.3) is 0 Å². The highest BCUT2D eigenvalue weighted by molar-refractivity contribution is 6.11. The third kappa shape index (κ3) is 3.67. The van der Waals surface area contributed by atoms with Crippen LogP contribution >= 0.6 is 0 Å². The molecule has 0 aliphatic carbocycles. The van der Waals surface area contributed by atoms with E-state index in [0.29, 0.717) is 11.8 Å². The van der Waals surface area contributed by atoms with E-state index in [-0.39, 0.29) is 0 Å². The normalized spacial score (nSPS) is 15.3. The second-order valence-electron chi connectivity index (χ2n) is 7.64. The van der Waals surface area contributed by atoms with Gasteiger partial charge in [0, 0.05) is 29.9 Å². The zero-order chi connectivity index (χ0) is 19.6. The van der Waals surface area contributed by atoms with Crippen LogP contribution < -0.4 is 5.32 Å². The van der Waals surface area contributed by atoms with E-state index < -0.39 is 0 Å². The zero-order valence-corrected chi connectivity index (χ0v) is 16.6. The first kappa shape index (κ1) is 18.1. The van der Waals surface area contributed by atoms with Gasteiger partial charge >= 0.3 is 0 Å². The van der Waals surface area contributed by atoms with Gasteiger partial charge in [-0.1, -0.05) is 12.5 Å². The average molecular weight is 391 g/mol. The molecule has 1 aliphatic rings. The van der Waals surface area contributed by atoms with Crippen LogP contribution in [0.4, 0.5) is 5.82 Å². The number of H-pyrrole nitrogens is 1. The van der Waals surface area contributed by atoms with Gasteiger partial charge in [0.15, 0.2) is 0 Å². The number of aromatic amines is 1. The van der Waals surface area contributed by atoms with Crippen molar-refractivity contribution < 1.29 is 4.42 Å². The van der Waals surface area contributed by atoms with Gasteiger partial charge in [-0.05, 0) is 51.0 Å². The van der Waals surface area contributed by atoms with E-state index in [4.69, 9.17) is 4.42 Å². The Morgan fingerprint density at radius 1 is 1.14 bits per heavy atom. The fraction of sp³-hybridized carbons (Fsp3) is 0.429. The third-order valence-electron chi connectivity index (χ3n) is 5.55. The third-order valence-corrected chi connectivity index (χ3v) is 5.55. The summed E-state index contributed by atoms with van der Waals surface area (Å²) in [5.41, 5.74) is 2.69. The summed E-state index contributed by atoms with van der Waals surface area (Å²) < 4.78 is 5.55. The van der Waals surface area contributed by atoms with Crippen LogP contribution in [-0.2, 0) is 0 Å². The number of benzene rings is 1. The number of aryl methyl sites for hydroxylation is 1. The molecular formula is C21H25N7O. The molecule has 0 spiro atoms. The van der Waals surface area contributed by atoms with Crippen molar-refractivity contribution in [2.24, 2.45) is 0 Å². The molecule has 0 saturated carbocycles. The number of likely N-dealkylation sites (tertiary alicyclic amines) is 1. The summed E-state index contributed by atoms with van der Waals surface area (Å²) >= 11 is 0. The number of hydrogen-bond donors (Lipinski definition) is 2. The fourth-order valence-electron chi connectivity index (χ4n) is 4.10. The molecule has 0 unspecified atom stereocenters. The standard InChI is InChI=1S/C21H25N7O/c1-14-26-27-21(29-14)15-6-7-16-17(12-15)25-20-18(16)19(23-13-24-20)22-8-5-11-28-9-3-2-4-10-28/h6-7,12-13H,2-5,8-11H2,1H3,(H2,22,23,24,25). The highest BCUT2D eigenvalue weighted by Crippen LogP contribution is 2.31. The van der Waals surface area contributed by atoms with Gasteiger partial charge < -0.3 is 19.6 Å². The first-order valence-electron chi connectivity index (χ1n) is 10.3. The molecule has 5 rings (SSSR count).